The van der Waals surface area contributed by atoms with E-state index in [1.807, 2.05) is 20.8 Å². The van der Waals surface area contributed by atoms with Crippen molar-refractivity contribution in [1.82, 2.24) is 10.2 Å². The van der Waals surface area contributed by atoms with E-state index in [0.29, 0.717) is 24.6 Å². The van der Waals surface area contributed by atoms with Gasteiger partial charge in [-0.1, -0.05) is 18.2 Å². The Labute approximate surface area is 152 Å². The number of rotatable bonds is 4. The van der Waals surface area contributed by atoms with Gasteiger partial charge in [-0.25, -0.2) is 4.79 Å². The Morgan fingerprint density at radius 1 is 1.23 bits per heavy atom. The minimum atomic E-state index is -4.31. The first-order valence-corrected chi connectivity index (χ1v) is 8.88. The Hall–Kier alpha value is -1.76. The summed E-state index contributed by atoms with van der Waals surface area (Å²) < 4.78 is 43.6. The fraction of sp³-hybridized carbons (Fsp3) is 0.632. The second kappa shape index (κ2) is 8.29. The minimum Gasteiger partial charge on any atom is -0.444 e. The molecule has 146 valence electrons. The molecule has 1 amide bonds. The summed E-state index contributed by atoms with van der Waals surface area (Å²) in [6.07, 6.45) is -2.93. The number of likely N-dealkylation sites (tertiary alicyclic amines) is 1. The predicted molar refractivity (Wildman–Crippen MR) is 93.7 cm³/mol. The largest absolute Gasteiger partial charge is 0.444 e. The third-order valence-corrected chi connectivity index (χ3v) is 4.30. The number of piperidine rings is 1. The molecule has 0 spiro atoms. The average Bonchev–Trinajstić information content (AvgIpc) is 2.52. The van der Waals surface area contributed by atoms with Crippen LogP contribution in [0, 0.1) is 5.92 Å². The van der Waals surface area contributed by atoms with Gasteiger partial charge in [0.1, 0.15) is 5.60 Å². The number of ether oxygens (including phenoxy) is 1. The summed E-state index contributed by atoms with van der Waals surface area (Å²) in [5, 5.41) is 2.79. The Bertz CT molecular complexity index is 604. The van der Waals surface area contributed by atoms with E-state index < -0.39 is 23.4 Å². The van der Waals surface area contributed by atoms with Crippen LogP contribution >= 0.6 is 0 Å². The molecule has 1 aromatic carbocycles. The molecule has 0 aromatic heterocycles. The van der Waals surface area contributed by atoms with Gasteiger partial charge in [-0.05, 0) is 64.3 Å². The second-order valence-corrected chi connectivity index (χ2v) is 7.80. The van der Waals surface area contributed by atoms with Gasteiger partial charge in [-0.2, -0.15) is 13.2 Å². The molecule has 0 aliphatic carbocycles. The zero-order chi connectivity index (χ0) is 19.4. The molecule has 7 heteroatoms. The van der Waals surface area contributed by atoms with Crippen LogP contribution in [-0.2, 0) is 17.5 Å². The molecule has 1 aromatic rings. The highest BCUT2D eigenvalue weighted by Gasteiger charge is 2.30. The lowest BCUT2D eigenvalue weighted by molar-refractivity contribution is -0.137. The minimum absolute atomic E-state index is 0.361. The third kappa shape index (κ3) is 6.86. The topological polar surface area (TPSA) is 41.6 Å². The quantitative estimate of drug-likeness (QED) is 0.849. The van der Waals surface area contributed by atoms with Gasteiger partial charge < -0.3 is 10.1 Å². The number of nitrogens with one attached hydrogen (secondary N) is 1. The van der Waals surface area contributed by atoms with Crippen molar-refractivity contribution in [2.75, 3.05) is 19.6 Å². The van der Waals surface area contributed by atoms with Crippen molar-refractivity contribution in [3.63, 3.8) is 0 Å². The van der Waals surface area contributed by atoms with Crippen LogP contribution in [0.15, 0.2) is 24.3 Å². The Balaban J connectivity index is 1.76. The Morgan fingerprint density at radius 3 is 2.46 bits per heavy atom. The first-order chi connectivity index (χ1) is 12.0. The van der Waals surface area contributed by atoms with E-state index in [4.69, 9.17) is 4.74 Å². The van der Waals surface area contributed by atoms with E-state index in [1.165, 1.54) is 12.1 Å². The van der Waals surface area contributed by atoms with Gasteiger partial charge in [0.2, 0.25) is 0 Å². The molecular formula is C19H27F3N2O2. The average molecular weight is 372 g/mol. The van der Waals surface area contributed by atoms with Gasteiger partial charge in [0, 0.05) is 13.1 Å². The van der Waals surface area contributed by atoms with E-state index in [2.05, 4.69) is 10.2 Å². The van der Waals surface area contributed by atoms with Crippen molar-refractivity contribution in [2.24, 2.45) is 5.92 Å². The molecule has 26 heavy (non-hydrogen) atoms. The number of alkyl carbamates (subject to hydrolysis) is 1. The van der Waals surface area contributed by atoms with E-state index in [9.17, 15) is 18.0 Å². The fourth-order valence-corrected chi connectivity index (χ4v) is 2.99. The van der Waals surface area contributed by atoms with Crippen molar-refractivity contribution in [3.05, 3.63) is 35.4 Å². The maximum absolute atomic E-state index is 12.8. The van der Waals surface area contributed by atoms with Crippen LogP contribution in [-0.4, -0.2) is 36.2 Å². The van der Waals surface area contributed by atoms with Crippen LogP contribution in [0.5, 0.6) is 0 Å². The highest BCUT2D eigenvalue weighted by Crippen LogP contribution is 2.30. The van der Waals surface area contributed by atoms with Gasteiger partial charge in [0.05, 0.1) is 5.56 Å². The van der Waals surface area contributed by atoms with Gasteiger partial charge in [-0.3, -0.25) is 4.90 Å². The van der Waals surface area contributed by atoms with E-state index in [-0.39, 0.29) is 0 Å². The second-order valence-electron chi connectivity index (χ2n) is 7.80. The van der Waals surface area contributed by atoms with Gasteiger partial charge in [0.15, 0.2) is 0 Å². The Kier molecular flexibility index (Phi) is 6.55. The maximum Gasteiger partial charge on any atom is 0.416 e. The molecule has 2 rings (SSSR count). The lowest BCUT2D eigenvalue weighted by atomic mass is 9.96. The first kappa shape index (κ1) is 20.6. The lowest BCUT2D eigenvalue weighted by Crippen LogP contribution is -2.40. The summed E-state index contributed by atoms with van der Waals surface area (Å²) in [7, 11) is 0. The number of hydrogen-bond donors (Lipinski definition) is 1. The summed E-state index contributed by atoms with van der Waals surface area (Å²) in [5.74, 6) is 0.361. The predicted octanol–water partition coefficient (Wildman–Crippen LogP) is 4.44. The molecule has 4 nitrogen and oxygen atoms in total. The normalized spacial score (nSPS) is 17.2. The molecule has 0 saturated carbocycles. The third-order valence-electron chi connectivity index (χ3n) is 4.30. The van der Waals surface area contributed by atoms with E-state index in [1.54, 1.807) is 6.07 Å². The summed E-state index contributed by atoms with van der Waals surface area (Å²) in [6.45, 7) is 8.13. The number of carbonyl (C=O) groups is 1. The molecule has 0 unspecified atom stereocenters. The van der Waals surface area contributed by atoms with Crippen molar-refractivity contribution in [3.8, 4) is 0 Å². The highest BCUT2D eigenvalue weighted by atomic mass is 19.4. The van der Waals surface area contributed by atoms with Gasteiger partial charge >= 0.3 is 12.3 Å². The van der Waals surface area contributed by atoms with Gasteiger partial charge in [0.25, 0.3) is 0 Å². The maximum atomic E-state index is 12.8. The zero-order valence-electron chi connectivity index (χ0n) is 15.5. The number of alkyl halides is 3. The number of amides is 1. The molecule has 1 aliphatic heterocycles. The number of halogens is 3. The molecule has 1 N–H and O–H groups in total. The van der Waals surface area contributed by atoms with E-state index in [0.717, 1.165) is 32.0 Å². The first-order valence-electron chi connectivity index (χ1n) is 8.88. The van der Waals surface area contributed by atoms with Crippen molar-refractivity contribution in [1.29, 1.82) is 0 Å². The molecule has 0 bridgehead atoms. The molecule has 1 saturated heterocycles. The van der Waals surface area contributed by atoms with Crippen LogP contribution in [0.25, 0.3) is 0 Å². The summed E-state index contributed by atoms with van der Waals surface area (Å²) in [5.41, 5.74) is -0.449. The molecule has 1 aliphatic rings. The van der Waals surface area contributed by atoms with E-state index >= 15 is 0 Å². The SMILES string of the molecule is CC(C)(C)OC(=O)NCC1CCN(Cc2cccc(C(F)(F)F)c2)CC1. The Morgan fingerprint density at radius 2 is 1.88 bits per heavy atom. The number of nitrogens with zero attached hydrogens (tertiary/aromatic N) is 1. The molecule has 1 heterocycles. The summed E-state index contributed by atoms with van der Waals surface area (Å²) in [6, 6.07) is 5.50. The number of carbonyl (C=O) groups excluding carboxylic acids is 1. The van der Waals surface area contributed by atoms with Crippen LogP contribution in [0.4, 0.5) is 18.0 Å². The van der Waals surface area contributed by atoms with Gasteiger partial charge in [-0.15, -0.1) is 0 Å². The number of hydrogen-bond acceptors (Lipinski definition) is 3. The van der Waals surface area contributed by atoms with Crippen LogP contribution in [0.3, 0.4) is 0 Å². The van der Waals surface area contributed by atoms with Crippen molar-refractivity contribution < 1.29 is 22.7 Å². The van der Waals surface area contributed by atoms with Crippen molar-refractivity contribution in [2.45, 2.75) is 51.9 Å². The smallest absolute Gasteiger partial charge is 0.416 e. The fourth-order valence-electron chi connectivity index (χ4n) is 2.99. The lowest BCUT2D eigenvalue weighted by Gasteiger charge is -2.32. The summed E-state index contributed by atoms with van der Waals surface area (Å²) in [4.78, 5) is 13.8. The molecular weight excluding hydrogens is 345 g/mol. The standard InChI is InChI=1S/C19H27F3N2O2/c1-18(2,3)26-17(25)23-12-14-7-9-24(10-8-14)13-15-5-4-6-16(11-15)19(20,21)22/h4-6,11,14H,7-10,12-13H2,1-3H3,(H,23,25). The van der Waals surface area contributed by atoms with Crippen LogP contribution in [0.1, 0.15) is 44.7 Å². The molecule has 0 atom stereocenters. The summed E-state index contributed by atoms with van der Waals surface area (Å²) >= 11 is 0. The van der Waals surface area contributed by atoms with Crippen molar-refractivity contribution >= 4 is 6.09 Å². The monoisotopic (exact) mass is 372 g/mol. The molecule has 0 radical (unpaired) electrons. The van der Waals surface area contributed by atoms with Crippen LogP contribution in [0.2, 0.25) is 0 Å². The molecule has 1 fully saturated rings. The number of benzene rings is 1. The zero-order valence-corrected chi connectivity index (χ0v) is 15.5. The highest BCUT2D eigenvalue weighted by molar-refractivity contribution is 5.67. The van der Waals surface area contributed by atoms with Crippen LogP contribution < -0.4 is 5.32 Å².